The van der Waals surface area contributed by atoms with Crippen molar-refractivity contribution in [2.24, 2.45) is 0 Å². The van der Waals surface area contributed by atoms with Gasteiger partial charge in [-0.3, -0.25) is 29.5 Å². The van der Waals surface area contributed by atoms with Gasteiger partial charge >= 0.3 is 0 Å². The maximum atomic E-state index is 13.3. The second-order valence-corrected chi connectivity index (χ2v) is 9.14. The fourth-order valence-electron chi connectivity index (χ4n) is 5.55. The predicted molar refractivity (Wildman–Crippen MR) is 115 cm³/mol. The first kappa shape index (κ1) is 20.6. The molecular formula is C23H31N5O3. The number of fused-ring (bicyclic) bond motifs is 1. The lowest BCUT2D eigenvalue weighted by atomic mass is 9.99. The summed E-state index contributed by atoms with van der Waals surface area (Å²) in [5.74, 6) is -0.680. The molecule has 1 aromatic carbocycles. The molecule has 0 spiro atoms. The number of benzene rings is 1. The monoisotopic (exact) mass is 425 g/mol. The first-order chi connectivity index (χ1) is 15.1. The van der Waals surface area contributed by atoms with Crippen molar-refractivity contribution in [1.29, 1.82) is 0 Å². The molecule has 0 bridgehead atoms. The predicted octanol–water partition coefficient (Wildman–Crippen LogP) is 0.317. The summed E-state index contributed by atoms with van der Waals surface area (Å²) in [6.07, 6.45) is 3.03. The molecule has 1 aromatic rings. The number of imide groups is 1. The van der Waals surface area contributed by atoms with Crippen LogP contribution in [0.3, 0.4) is 0 Å². The second-order valence-electron chi connectivity index (χ2n) is 9.14. The highest BCUT2D eigenvalue weighted by molar-refractivity contribution is 6.05. The topological polar surface area (TPSA) is 85.0 Å². The molecule has 3 amide bonds. The van der Waals surface area contributed by atoms with Crippen LogP contribution in [-0.4, -0.2) is 83.8 Å². The average molecular weight is 426 g/mol. The molecule has 0 aliphatic carbocycles. The zero-order valence-electron chi connectivity index (χ0n) is 17.9. The van der Waals surface area contributed by atoms with Crippen LogP contribution < -0.4 is 10.6 Å². The van der Waals surface area contributed by atoms with Gasteiger partial charge in [-0.2, -0.15) is 0 Å². The fraction of sp³-hybridized carbons (Fsp3) is 0.609. The lowest BCUT2D eigenvalue weighted by Crippen LogP contribution is -2.52. The van der Waals surface area contributed by atoms with Crippen molar-refractivity contribution in [2.45, 2.75) is 50.9 Å². The Morgan fingerprint density at radius 1 is 0.968 bits per heavy atom. The Labute approximate surface area is 182 Å². The van der Waals surface area contributed by atoms with Crippen LogP contribution in [0, 0.1) is 0 Å². The first-order valence-electron chi connectivity index (χ1n) is 11.5. The highest BCUT2D eigenvalue weighted by Gasteiger charge is 2.40. The van der Waals surface area contributed by atoms with E-state index in [0.29, 0.717) is 19.0 Å². The maximum Gasteiger partial charge on any atom is 0.255 e. The molecule has 8 heteroatoms. The Kier molecular flexibility index (Phi) is 5.77. The minimum Gasteiger partial charge on any atom is -0.322 e. The van der Waals surface area contributed by atoms with Gasteiger partial charge in [-0.1, -0.05) is 18.2 Å². The van der Waals surface area contributed by atoms with Gasteiger partial charge in [0.25, 0.3) is 5.91 Å². The van der Waals surface area contributed by atoms with Crippen molar-refractivity contribution < 1.29 is 14.4 Å². The average Bonchev–Trinajstić information content (AvgIpc) is 3.12. The molecule has 0 aromatic heterocycles. The van der Waals surface area contributed by atoms with Gasteiger partial charge in [0.05, 0.1) is 0 Å². The number of nitrogens with zero attached hydrogens (tertiary/aromatic N) is 3. The summed E-state index contributed by atoms with van der Waals surface area (Å²) in [6.45, 7) is 7.76. The van der Waals surface area contributed by atoms with E-state index < -0.39 is 6.04 Å². The van der Waals surface area contributed by atoms with Crippen LogP contribution in [0.1, 0.15) is 47.2 Å². The Morgan fingerprint density at radius 3 is 2.48 bits per heavy atom. The minimum atomic E-state index is -0.555. The second kappa shape index (κ2) is 8.68. The zero-order valence-corrected chi connectivity index (χ0v) is 17.9. The minimum absolute atomic E-state index is 0.0733. The van der Waals surface area contributed by atoms with Crippen LogP contribution in [0.25, 0.3) is 0 Å². The van der Waals surface area contributed by atoms with E-state index in [9.17, 15) is 14.4 Å². The summed E-state index contributed by atoms with van der Waals surface area (Å²) < 4.78 is 0. The molecule has 5 rings (SSSR count). The van der Waals surface area contributed by atoms with Crippen molar-refractivity contribution in [3.63, 3.8) is 0 Å². The highest BCUT2D eigenvalue weighted by Crippen LogP contribution is 2.31. The van der Waals surface area contributed by atoms with Gasteiger partial charge in [-0.15, -0.1) is 0 Å². The summed E-state index contributed by atoms with van der Waals surface area (Å²) in [5, 5.41) is 5.80. The molecule has 2 N–H and O–H groups in total. The van der Waals surface area contributed by atoms with Crippen molar-refractivity contribution in [2.75, 3.05) is 39.3 Å². The van der Waals surface area contributed by atoms with Gasteiger partial charge in [-0.25, -0.2) is 0 Å². The number of amides is 3. The normalized spacial score (nSPS) is 26.3. The highest BCUT2D eigenvalue weighted by atomic mass is 16.2. The van der Waals surface area contributed by atoms with E-state index in [-0.39, 0.29) is 24.1 Å². The van der Waals surface area contributed by atoms with E-state index in [0.717, 1.165) is 62.5 Å². The molecule has 31 heavy (non-hydrogen) atoms. The Balaban J connectivity index is 1.24. The molecule has 0 radical (unpaired) electrons. The molecule has 4 aliphatic heterocycles. The molecule has 1 atom stereocenters. The summed E-state index contributed by atoms with van der Waals surface area (Å²) in [7, 11) is 0. The third-order valence-corrected chi connectivity index (χ3v) is 7.26. The van der Waals surface area contributed by atoms with Crippen molar-refractivity contribution >= 4 is 17.7 Å². The summed E-state index contributed by atoms with van der Waals surface area (Å²) in [5.41, 5.74) is 2.80. The maximum absolute atomic E-state index is 13.3. The molecule has 0 saturated carbocycles. The summed E-state index contributed by atoms with van der Waals surface area (Å²) >= 11 is 0. The molecule has 166 valence electrons. The first-order valence-corrected chi connectivity index (χ1v) is 11.5. The van der Waals surface area contributed by atoms with Crippen molar-refractivity contribution in [3.8, 4) is 0 Å². The van der Waals surface area contributed by atoms with Gasteiger partial charge in [0, 0.05) is 57.3 Å². The Hall–Kier alpha value is -2.29. The van der Waals surface area contributed by atoms with Gasteiger partial charge in [0.15, 0.2) is 0 Å². The lowest BCUT2D eigenvalue weighted by Gasteiger charge is -2.40. The molecular weight excluding hydrogens is 394 g/mol. The lowest BCUT2D eigenvalue weighted by molar-refractivity contribution is -0.136. The largest absolute Gasteiger partial charge is 0.322 e. The molecule has 3 saturated heterocycles. The van der Waals surface area contributed by atoms with Gasteiger partial charge < -0.3 is 10.2 Å². The number of hydrogen-bond donors (Lipinski definition) is 2. The number of rotatable bonds is 4. The van der Waals surface area contributed by atoms with E-state index in [2.05, 4.69) is 20.4 Å². The van der Waals surface area contributed by atoms with E-state index in [1.807, 2.05) is 18.2 Å². The SMILES string of the molecule is O=C1CCC(N2Cc3cccc(CN4CCC(N5CCNCC5)CC4)c3C2=O)C(=O)N1. The fourth-order valence-corrected chi connectivity index (χ4v) is 5.55. The van der Waals surface area contributed by atoms with Crippen LogP contribution in [0.2, 0.25) is 0 Å². The van der Waals surface area contributed by atoms with Gasteiger partial charge in [0.2, 0.25) is 11.8 Å². The molecule has 8 nitrogen and oxygen atoms in total. The van der Waals surface area contributed by atoms with Crippen molar-refractivity contribution in [3.05, 3.63) is 34.9 Å². The standard InChI is InChI=1S/C23H31N5O3/c29-20-5-4-19(22(30)25-20)28-15-17-3-1-2-16(21(17)23(28)31)14-26-10-6-18(7-11-26)27-12-8-24-9-13-27/h1-3,18-19,24H,4-15H2,(H,25,29,30). The van der Waals surface area contributed by atoms with Gasteiger partial charge in [-0.05, 0) is 43.5 Å². The molecule has 4 heterocycles. The summed E-state index contributed by atoms with van der Waals surface area (Å²) in [4.78, 5) is 43.8. The number of piperazine rings is 1. The Morgan fingerprint density at radius 2 is 1.74 bits per heavy atom. The molecule has 3 fully saturated rings. The number of carbonyl (C=O) groups is 3. The number of piperidine rings is 2. The van der Waals surface area contributed by atoms with Crippen LogP contribution in [0.5, 0.6) is 0 Å². The van der Waals surface area contributed by atoms with Crippen LogP contribution in [-0.2, 0) is 22.7 Å². The van der Waals surface area contributed by atoms with E-state index in [4.69, 9.17) is 0 Å². The van der Waals surface area contributed by atoms with Crippen LogP contribution in [0.4, 0.5) is 0 Å². The third kappa shape index (κ3) is 4.12. The van der Waals surface area contributed by atoms with Crippen LogP contribution in [0.15, 0.2) is 18.2 Å². The number of likely N-dealkylation sites (tertiary alicyclic amines) is 1. The van der Waals surface area contributed by atoms with Crippen LogP contribution >= 0.6 is 0 Å². The molecule has 1 unspecified atom stereocenters. The van der Waals surface area contributed by atoms with E-state index in [1.165, 1.54) is 12.8 Å². The third-order valence-electron chi connectivity index (χ3n) is 7.26. The van der Waals surface area contributed by atoms with E-state index >= 15 is 0 Å². The Bertz CT molecular complexity index is 874. The van der Waals surface area contributed by atoms with E-state index in [1.54, 1.807) is 4.90 Å². The number of carbonyl (C=O) groups excluding carboxylic acids is 3. The smallest absolute Gasteiger partial charge is 0.255 e. The molecule has 4 aliphatic rings. The quantitative estimate of drug-likeness (QED) is 0.676. The zero-order chi connectivity index (χ0) is 21.4. The number of hydrogen-bond acceptors (Lipinski definition) is 6. The summed E-state index contributed by atoms with van der Waals surface area (Å²) in [6, 6.07) is 6.17. The van der Waals surface area contributed by atoms with Gasteiger partial charge in [0.1, 0.15) is 6.04 Å². The van der Waals surface area contributed by atoms with Crippen molar-refractivity contribution in [1.82, 2.24) is 25.3 Å². The number of nitrogens with one attached hydrogen (secondary N) is 2.